The smallest absolute Gasteiger partial charge is 0.119 e. The summed E-state index contributed by atoms with van der Waals surface area (Å²) in [5.41, 5.74) is 1.28. The molecule has 2 rings (SSSR count). The first kappa shape index (κ1) is 16.3. The van der Waals surface area contributed by atoms with Gasteiger partial charge < -0.3 is 10.1 Å². The van der Waals surface area contributed by atoms with E-state index in [4.69, 9.17) is 4.74 Å². The molecule has 1 fully saturated rings. The maximum Gasteiger partial charge on any atom is 0.119 e. The second kappa shape index (κ2) is 8.40. The summed E-state index contributed by atoms with van der Waals surface area (Å²) in [5, 5.41) is 3.56. The highest BCUT2D eigenvalue weighted by Gasteiger charge is 2.22. The maximum absolute atomic E-state index is 5.84. The topological polar surface area (TPSA) is 24.5 Å². The Hall–Kier alpha value is -1.06. The van der Waals surface area contributed by atoms with Crippen LogP contribution in [0.3, 0.4) is 0 Å². The first-order valence-corrected chi connectivity index (χ1v) is 8.31. The van der Waals surface area contributed by atoms with Gasteiger partial charge in [-0.15, -0.1) is 0 Å². The van der Waals surface area contributed by atoms with Gasteiger partial charge in [-0.3, -0.25) is 4.90 Å². The first-order chi connectivity index (χ1) is 10.2. The monoisotopic (exact) mass is 290 g/mol. The molecule has 0 bridgehead atoms. The molecule has 21 heavy (non-hydrogen) atoms. The molecular weight excluding hydrogens is 260 g/mol. The molecule has 0 aliphatic carbocycles. The maximum atomic E-state index is 5.84. The summed E-state index contributed by atoms with van der Waals surface area (Å²) in [6.45, 7) is 12.2. The molecule has 1 aromatic rings. The summed E-state index contributed by atoms with van der Waals surface area (Å²) in [4.78, 5) is 2.64. The van der Waals surface area contributed by atoms with Crippen LogP contribution in [0.5, 0.6) is 5.75 Å². The Morgan fingerprint density at radius 1 is 1.29 bits per heavy atom. The molecule has 0 saturated carbocycles. The van der Waals surface area contributed by atoms with Crippen LogP contribution in [0.25, 0.3) is 0 Å². The van der Waals surface area contributed by atoms with Crippen LogP contribution in [0.1, 0.15) is 32.3 Å². The zero-order valence-electron chi connectivity index (χ0n) is 13.8. The van der Waals surface area contributed by atoms with Gasteiger partial charge in [-0.05, 0) is 50.9 Å². The van der Waals surface area contributed by atoms with Crippen LogP contribution < -0.4 is 10.1 Å². The number of benzene rings is 1. The van der Waals surface area contributed by atoms with Crippen molar-refractivity contribution in [2.24, 2.45) is 5.92 Å². The van der Waals surface area contributed by atoms with Gasteiger partial charge in [0, 0.05) is 19.1 Å². The van der Waals surface area contributed by atoms with Gasteiger partial charge in [0.25, 0.3) is 0 Å². The molecule has 0 amide bonds. The van der Waals surface area contributed by atoms with Gasteiger partial charge in [-0.1, -0.05) is 31.5 Å². The van der Waals surface area contributed by atoms with Gasteiger partial charge in [0.1, 0.15) is 5.75 Å². The molecule has 3 heteroatoms. The number of rotatable bonds is 6. The third kappa shape index (κ3) is 5.33. The Morgan fingerprint density at radius 3 is 2.76 bits per heavy atom. The van der Waals surface area contributed by atoms with Crippen LogP contribution in [0.2, 0.25) is 0 Å². The lowest BCUT2D eigenvalue weighted by Gasteiger charge is -2.32. The van der Waals surface area contributed by atoms with Crippen LogP contribution in [0, 0.1) is 12.8 Å². The molecule has 1 N–H and O–H groups in total. The SMILES string of the molecule is Cc1ccc(OCCCN2CCCNCC2C(C)C)cc1. The zero-order chi connectivity index (χ0) is 15.1. The minimum atomic E-state index is 0.659. The van der Waals surface area contributed by atoms with E-state index in [9.17, 15) is 0 Å². The summed E-state index contributed by atoms with van der Waals surface area (Å²) in [5.74, 6) is 1.69. The lowest BCUT2D eigenvalue weighted by molar-refractivity contribution is 0.154. The van der Waals surface area contributed by atoms with E-state index in [1.807, 2.05) is 0 Å². The molecule has 1 unspecified atom stereocenters. The number of ether oxygens (including phenoxy) is 1. The fraction of sp³-hybridized carbons (Fsp3) is 0.667. The normalized spacial score (nSPS) is 20.5. The van der Waals surface area contributed by atoms with E-state index in [1.165, 1.54) is 18.5 Å². The fourth-order valence-electron chi connectivity index (χ4n) is 2.98. The van der Waals surface area contributed by atoms with Crippen molar-refractivity contribution in [1.29, 1.82) is 0 Å². The molecular formula is C18H30N2O. The molecule has 1 aliphatic heterocycles. The van der Waals surface area contributed by atoms with Gasteiger partial charge in [-0.25, -0.2) is 0 Å². The van der Waals surface area contributed by atoms with Crippen molar-refractivity contribution in [3.8, 4) is 5.75 Å². The van der Waals surface area contributed by atoms with Crippen molar-refractivity contribution in [2.45, 2.75) is 39.7 Å². The molecule has 1 saturated heterocycles. The number of hydrogen-bond acceptors (Lipinski definition) is 3. The highest BCUT2D eigenvalue weighted by molar-refractivity contribution is 5.26. The molecule has 0 radical (unpaired) electrons. The van der Waals surface area contributed by atoms with Crippen LogP contribution in [0.15, 0.2) is 24.3 Å². The molecule has 3 nitrogen and oxygen atoms in total. The third-order valence-corrected chi connectivity index (χ3v) is 4.27. The summed E-state index contributed by atoms with van der Waals surface area (Å²) < 4.78 is 5.84. The summed E-state index contributed by atoms with van der Waals surface area (Å²) in [6, 6.07) is 8.98. The molecule has 1 heterocycles. The van der Waals surface area contributed by atoms with E-state index in [1.54, 1.807) is 0 Å². The molecule has 1 atom stereocenters. The molecule has 0 aromatic heterocycles. The summed E-state index contributed by atoms with van der Waals surface area (Å²) in [6.07, 6.45) is 2.35. The fourth-order valence-corrected chi connectivity index (χ4v) is 2.98. The minimum absolute atomic E-state index is 0.659. The van der Waals surface area contributed by atoms with Crippen LogP contribution in [-0.2, 0) is 0 Å². The number of nitrogens with zero attached hydrogens (tertiary/aromatic N) is 1. The van der Waals surface area contributed by atoms with Gasteiger partial charge in [0.15, 0.2) is 0 Å². The molecule has 1 aromatic carbocycles. The molecule has 118 valence electrons. The number of hydrogen-bond donors (Lipinski definition) is 1. The van der Waals surface area contributed by atoms with Crippen LogP contribution in [0.4, 0.5) is 0 Å². The average molecular weight is 290 g/mol. The standard InChI is InChI=1S/C18H30N2O/c1-15(2)18-14-19-10-4-11-20(18)12-5-13-21-17-8-6-16(3)7-9-17/h6-9,15,18-19H,4-5,10-14H2,1-3H3. The van der Waals surface area contributed by atoms with Crippen molar-refractivity contribution in [3.05, 3.63) is 29.8 Å². The largest absolute Gasteiger partial charge is 0.494 e. The van der Waals surface area contributed by atoms with E-state index in [2.05, 4.69) is 55.3 Å². The van der Waals surface area contributed by atoms with Crippen molar-refractivity contribution in [3.63, 3.8) is 0 Å². The predicted octanol–water partition coefficient (Wildman–Crippen LogP) is 3.08. The number of nitrogens with one attached hydrogen (secondary N) is 1. The molecule has 0 spiro atoms. The number of aryl methyl sites for hydroxylation is 1. The summed E-state index contributed by atoms with van der Waals surface area (Å²) >= 11 is 0. The van der Waals surface area contributed by atoms with Crippen LogP contribution in [-0.4, -0.2) is 43.7 Å². The van der Waals surface area contributed by atoms with E-state index in [0.717, 1.165) is 38.4 Å². The lowest BCUT2D eigenvalue weighted by Crippen LogP contribution is -2.44. The Labute approximate surface area is 129 Å². The quantitative estimate of drug-likeness (QED) is 0.815. The Morgan fingerprint density at radius 2 is 2.05 bits per heavy atom. The van der Waals surface area contributed by atoms with Gasteiger partial charge in [-0.2, -0.15) is 0 Å². The van der Waals surface area contributed by atoms with Crippen LogP contribution >= 0.6 is 0 Å². The van der Waals surface area contributed by atoms with Gasteiger partial charge >= 0.3 is 0 Å². The highest BCUT2D eigenvalue weighted by Crippen LogP contribution is 2.15. The second-order valence-electron chi connectivity index (χ2n) is 6.42. The summed E-state index contributed by atoms with van der Waals surface area (Å²) in [7, 11) is 0. The van der Waals surface area contributed by atoms with Crippen molar-refractivity contribution in [2.75, 3.05) is 32.8 Å². The highest BCUT2D eigenvalue weighted by atomic mass is 16.5. The van der Waals surface area contributed by atoms with E-state index < -0.39 is 0 Å². The zero-order valence-corrected chi connectivity index (χ0v) is 13.8. The second-order valence-corrected chi connectivity index (χ2v) is 6.42. The lowest BCUT2D eigenvalue weighted by atomic mass is 10.0. The van der Waals surface area contributed by atoms with Gasteiger partial charge in [0.2, 0.25) is 0 Å². The Kier molecular flexibility index (Phi) is 6.52. The van der Waals surface area contributed by atoms with E-state index in [-0.39, 0.29) is 0 Å². The molecule has 1 aliphatic rings. The van der Waals surface area contributed by atoms with Crippen molar-refractivity contribution in [1.82, 2.24) is 10.2 Å². The Balaban J connectivity index is 1.74. The average Bonchev–Trinajstić information content (AvgIpc) is 2.71. The van der Waals surface area contributed by atoms with E-state index >= 15 is 0 Å². The van der Waals surface area contributed by atoms with Crippen molar-refractivity contribution >= 4 is 0 Å². The Bertz CT molecular complexity index is 402. The van der Waals surface area contributed by atoms with Gasteiger partial charge in [0.05, 0.1) is 6.61 Å². The minimum Gasteiger partial charge on any atom is -0.494 e. The van der Waals surface area contributed by atoms with Crippen molar-refractivity contribution < 1.29 is 4.74 Å². The first-order valence-electron chi connectivity index (χ1n) is 8.31. The predicted molar refractivity (Wildman–Crippen MR) is 89.0 cm³/mol. The third-order valence-electron chi connectivity index (χ3n) is 4.27. The van der Waals surface area contributed by atoms with E-state index in [0.29, 0.717) is 12.0 Å².